The minimum atomic E-state index is -3.28. The molecule has 0 aliphatic carbocycles. The third-order valence-electron chi connectivity index (χ3n) is 7.58. The summed E-state index contributed by atoms with van der Waals surface area (Å²) in [5, 5.41) is 36.6. The third kappa shape index (κ3) is 4.57. The van der Waals surface area contributed by atoms with Crippen LogP contribution in [0.4, 0.5) is 0 Å². The smallest absolute Gasteiger partial charge is 0.405 e. The van der Waals surface area contributed by atoms with E-state index in [0.717, 1.165) is 28.1 Å². The summed E-state index contributed by atoms with van der Waals surface area (Å²) in [4.78, 5) is 15.7. The second kappa shape index (κ2) is 9.75. The summed E-state index contributed by atoms with van der Waals surface area (Å²) < 4.78 is 20.5. The van der Waals surface area contributed by atoms with Crippen LogP contribution >= 0.6 is 11.3 Å². The standard InChI is InChI=1S/C28H30N4O7S/c1-27(16-39-28(34,35)36)7-4-8-31(27)26(33)24-21-14-38-23-12-22(37-3)19(17-5-9-30(2)13-17)11-20(23)25(21)32(29-24)18-6-10-40-15-18/h5-6,9-13,15,34-36H,4,7-8,14,16H2,1-3H3. The van der Waals surface area contributed by atoms with E-state index in [-0.39, 0.29) is 24.8 Å². The Balaban J connectivity index is 1.48. The van der Waals surface area contributed by atoms with E-state index in [1.807, 2.05) is 59.0 Å². The van der Waals surface area contributed by atoms with Crippen LogP contribution in [0.1, 0.15) is 35.8 Å². The van der Waals surface area contributed by atoms with E-state index < -0.39 is 11.7 Å². The van der Waals surface area contributed by atoms with E-state index >= 15 is 0 Å². The monoisotopic (exact) mass is 566 g/mol. The van der Waals surface area contributed by atoms with Gasteiger partial charge in [0.15, 0.2) is 5.69 Å². The zero-order valence-corrected chi connectivity index (χ0v) is 23.1. The van der Waals surface area contributed by atoms with Gasteiger partial charge in [0, 0.05) is 59.7 Å². The molecule has 2 aliphatic rings. The second-order valence-electron chi connectivity index (χ2n) is 10.4. The number of ether oxygens (including phenoxy) is 3. The van der Waals surface area contributed by atoms with Crippen molar-refractivity contribution in [1.82, 2.24) is 19.2 Å². The molecule has 1 aromatic carbocycles. The molecule has 5 heterocycles. The number of methoxy groups -OCH3 is 1. The van der Waals surface area contributed by atoms with Crippen molar-refractivity contribution in [2.45, 2.75) is 38.1 Å². The number of nitrogens with zero attached hydrogens (tertiary/aromatic N) is 4. The maximum atomic E-state index is 14.1. The van der Waals surface area contributed by atoms with Crippen LogP contribution < -0.4 is 9.47 Å². The number of aromatic nitrogens is 3. The van der Waals surface area contributed by atoms with E-state index in [1.165, 1.54) is 11.3 Å². The number of aryl methyl sites for hydroxylation is 1. The molecule has 11 nitrogen and oxygen atoms in total. The van der Waals surface area contributed by atoms with Crippen molar-refractivity contribution in [3.05, 3.63) is 58.7 Å². The van der Waals surface area contributed by atoms with Crippen molar-refractivity contribution in [3.63, 3.8) is 0 Å². The molecule has 0 spiro atoms. The van der Waals surface area contributed by atoms with Crippen molar-refractivity contribution >= 4 is 17.2 Å². The van der Waals surface area contributed by atoms with Crippen LogP contribution in [-0.2, 0) is 18.4 Å². The summed E-state index contributed by atoms with van der Waals surface area (Å²) >= 11 is 1.53. The summed E-state index contributed by atoms with van der Waals surface area (Å²) in [6, 6.07) is 7.83. The van der Waals surface area contributed by atoms with Gasteiger partial charge in [0.1, 0.15) is 18.1 Å². The molecule has 3 aromatic heterocycles. The molecular weight excluding hydrogens is 536 g/mol. The number of likely N-dealkylation sites (tertiary alicyclic amines) is 1. The van der Waals surface area contributed by atoms with Gasteiger partial charge in [-0.05, 0) is 43.3 Å². The molecule has 3 N–H and O–H groups in total. The van der Waals surface area contributed by atoms with Gasteiger partial charge in [-0.15, -0.1) is 0 Å². The maximum absolute atomic E-state index is 14.1. The van der Waals surface area contributed by atoms with Gasteiger partial charge in [-0.3, -0.25) is 4.79 Å². The first-order chi connectivity index (χ1) is 19.1. The fraction of sp³-hybridized carbons (Fsp3) is 0.357. The summed E-state index contributed by atoms with van der Waals surface area (Å²) in [5.74, 6) is 0.980. The predicted molar refractivity (Wildman–Crippen MR) is 146 cm³/mol. The van der Waals surface area contributed by atoms with E-state index in [9.17, 15) is 20.1 Å². The summed E-state index contributed by atoms with van der Waals surface area (Å²) in [6.45, 7) is 2.09. The lowest BCUT2D eigenvalue weighted by molar-refractivity contribution is -0.457. The molecule has 0 radical (unpaired) electrons. The molecule has 210 valence electrons. The Morgan fingerprint density at radius 1 is 1.25 bits per heavy atom. The van der Waals surface area contributed by atoms with Gasteiger partial charge in [-0.1, -0.05) is 0 Å². The van der Waals surface area contributed by atoms with Crippen molar-refractivity contribution < 1.29 is 34.3 Å². The van der Waals surface area contributed by atoms with Gasteiger partial charge < -0.3 is 39.0 Å². The molecule has 1 atom stereocenters. The Labute approximate surface area is 234 Å². The van der Waals surface area contributed by atoms with Gasteiger partial charge >= 0.3 is 6.16 Å². The normalized spacial score (nSPS) is 18.4. The molecule has 0 saturated carbocycles. The van der Waals surface area contributed by atoms with E-state index in [1.54, 1.807) is 23.6 Å². The predicted octanol–water partition coefficient (Wildman–Crippen LogP) is 3.11. The van der Waals surface area contributed by atoms with Crippen molar-refractivity contribution in [3.8, 4) is 39.6 Å². The number of rotatable bonds is 7. The number of aliphatic hydroxyl groups is 3. The Hall–Kier alpha value is -3.68. The molecule has 0 bridgehead atoms. The number of thiophene rings is 1. The minimum Gasteiger partial charge on any atom is -0.496 e. The first-order valence-corrected chi connectivity index (χ1v) is 13.8. The third-order valence-corrected chi connectivity index (χ3v) is 8.25. The topological polar surface area (TPSA) is 131 Å². The lowest BCUT2D eigenvalue weighted by Crippen LogP contribution is -2.50. The highest BCUT2D eigenvalue weighted by molar-refractivity contribution is 7.08. The molecule has 1 unspecified atom stereocenters. The highest BCUT2D eigenvalue weighted by atomic mass is 32.1. The van der Waals surface area contributed by atoms with Crippen LogP contribution in [0, 0.1) is 0 Å². The van der Waals surface area contributed by atoms with E-state index in [0.29, 0.717) is 36.4 Å². The van der Waals surface area contributed by atoms with Crippen LogP contribution in [0.25, 0.3) is 28.1 Å². The van der Waals surface area contributed by atoms with Gasteiger partial charge in [0.2, 0.25) is 0 Å². The number of benzene rings is 1. The van der Waals surface area contributed by atoms with Gasteiger partial charge in [0.25, 0.3) is 5.91 Å². The molecule has 1 amide bonds. The average molecular weight is 567 g/mol. The fourth-order valence-electron chi connectivity index (χ4n) is 5.57. The van der Waals surface area contributed by atoms with E-state index in [2.05, 4.69) is 0 Å². The molecule has 12 heteroatoms. The summed E-state index contributed by atoms with van der Waals surface area (Å²) in [7, 11) is 3.58. The van der Waals surface area contributed by atoms with Gasteiger partial charge in [0.05, 0.1) is 30.6 Å². The SMILES string of the molecule is COc1cc2c(cc1-c1ccn(C)c1)-c1c(c(C(=O)N3CCCC3(C)COC(O)(O)O)nn1-c1ccsc1)CO2. The van der Waals surface area contributed by atoms with E-state index in [4.69, 9.17) is 19.3 Å². The quantitative estimate of drug-likeness (QED) is 0.291. The van der Waals surface area contributed by atoms with Crippen LogP contribution in [0.5, 0.6) is 11.5 Å². The number of carbonyl (C=O) groups excluding carboxylic acids is 1. The molecule has 1 fully saturated rings. The average Bonchev–Trinajstić information content (AvgIpc) is 3.72. The van der Waals surface area contributed by atoms with Crippen molar-refractivity contribution in [2.24, 2.45) is 7.05 Å². The number of hydrogen-bond acceptors (Lipinski definition) is 9. The first-order valence-electron chi connectivity index (χ1n) is 12.8. The molecule has 6 rings (SSSR count). The Kier molecular flexibility index (Phi) is 6.47. The molecule has 4 aromatic rings. The Bertz CT molecular complexity index is 1570. The fourth-order valence-corrected chi connectivity index (χ4v) is 6.19. The molecule has 40 heavy (non-hydrogen) atoms. The molecule has 2 aliphatic heterocycles. The van der Waals surface area contributed by atoms with Gasteiger partial charge in [-0.2, -0.15) is 16.4 Å². The molecular formula is C28H30N4O7S. The first kappa shape index (κ1) is 26.5. The molecule has 1 saturated heterocycles. The van der Waals surface area contributed by atoms with Crippen LogP contribution in [0.15, 0.2) is 47.4 Å². The second-order valence-corrected chi connectivity index (χ2v) is 11.2. The number of carbonyl (C=O) groups is 1. The Morgan fingerprint density at radius 3 is 2.75 bits per heavy atom. The van der Waals surface area contributed by atoms with Crippen molar-refractivity contribution in [1.29, 1.82) is 0 Å². The number of amides is 1. The number of fused-ring (bicyclic) bond motifs is 3. The van der Waals surface area contributed by atoms with Crippen LogP contribution in [-0.4, -0.2) is 72.4 Å². The Morgan fingerprint density at radius 2 is 2.08 bits per heavy atom. The maximum Gasteiger partial charge on any atom is 0.405 e. The summed E-state index contributed by atoms with van der Waals surface area (Å²) in [5.41, 5.74) is 4.27. The minimum absolute atomic E-state index is 0.134. The lowest BCUT2D eigenvalue weighted by atomic mass is 9.96. The zero-order valence-electron chi connectivity index (χ0n) is 22.3. The summed E-state index contributed by atoms with van der Waals surface area (Å²) in [6.07, 6.45) is 1.94. The zero-order chi connectivity index (χ0) is 28.2. The van der Waals surface area contributed by atoms with Gasteiger partial charge in [-0.25, -0.2) is 4.68 Å². The van der Waals surface area contributed by atoms with Crippen LogP contribution in [0.2, 0.25) is 0 Å². The lowest BCUT2D eigenvalue weighted by Gasteiger charge is -2.35. The van der Waals surface area contributed by atoms with Crippen molar-refractivity contribution in [2.75, 3.05) is 20.3 Å². The largest absolute Gasteiger partial charge is 0.496 e. The number of hydrogen-bond donors (Lipinski definition) is 3. The van der Waals surface area contributed by atoms with Crippen LogP contribution in [0.3, 0.4) is 0 Å². The highest BCUT2D eigenvalue weighted by Gasteiger charge is 2.44. The highest BCUT2D eigenvalue weighted by Crippen LogP contribution is 2.46.